The summed E-state index contributed by atoms with van der Waals surface area (Å²) in [5.74, 6) is 0.743. The Bertz CT molecular complexity index is 839. The van der Waals surface area contributed by atoms with Crippen LogP contribution in [0.5, 0.6) is 11.5 Å². The van der Waals surface area contributed by atoms with E-state index >= 15 is 0 Å². The Morgan fingerprint density at radius 3 is 2.15 bits per heavy atom. The summed E-state index contributed by atoms with van der Waals surface area (Å²) in [6.07, 6.45) is -2.61. The molecule has 0 saturated heterocycles. The number of benzene rings is 3. The first kappa shape index (κ1) is 18.3. The lowest BCUT2D eigenvalue weighted by atomic mass is 10.2. The van der Waals surface area contributed by atoms with Crippen LogP contribution in [0.3, 0.4) is 0 Å². The zero-order valence-electron chi connectivity index (χ0n) is 14.2. The van der Waals surface area contributed by atoms with Crippen LogP contribution in [0.4, 0.5) is 8.78 Å². The summed E-state index contributed by atoms with van der Waals surface area (Å²) in [6.45, 7) is 0.283. The monoisotopic (exact) mass is 372 g/mol. The van der Waals surface area contributed by atoms with Crippen molar-refractivity contribution in [2.45, 2.75) is 22.8 Å². The Labute approximate surface area is 155 Å². The van der Waals surface area contributed by atoms with Gasteiger partial charge in [0.25, 0.3) is 6.43 Å². The van der Waals surface area contributed by atoms with Crippen molar-refractivity contribution >= 4 is 11.8 Å². The summed E-state index contributed by atoms with van der Waals surface area (Å²) < 4.78 is 38.3. The van der Waals surface area contributed by atoms with Gasteiger partial charge in [0, 0.05) is 15.4 Å². The lowest BCUT2D eigenvalue weighted by molar-refractivity contribution is 0.147. The highest BCUT2D eigenvalue weighted by Crippen LogP contribution is 2.42. The lowest BCUT2D eigenvalue weighted by Gasteiger charge is -2.16. The van der Waals surface area contributed by atoms with E-state index in [9.17, 15) is 8.78 Å². The first-order chi connectivity index (χ1) is 12.7. The number of ether oxygens (including phenoxy) is 2. The van der Waals surface area contributed by atoms with E-state index < -0.39 is 6.43 Å². The number of alkyl halides is 2. The van der Waals surface area contributed by atoms with Gasteiger partial charge in [-0.15, -0.1) is 0 Å². The summed E-state index contributed by atoms with van der Waals surface area (Å²) in [5, 5.41) is 0. The van der Waals surface area contributed by atoms with Gasteiger partial charge < -0.3 is 9.47 Å². The van der Waals surface area contributed by atoms with Crippen LogP contribution in [-0.2, 0) is 6.61 Å². The molecule has 0 aliphatic rings. The van der Waals surface area contributed by atoms with Gasteiger partial charge in [0.2, 0.25) is 0 Å². The van der Waals surface area contributed by atoms with E-state index in [1.807, 2.05) is 60.7 Å². The third-order valence-electron chi connectivity index (χ3n) is 3.74. The Kier molecular flexibility index (Phi) is 6.12. The van der Waals surface area contributed by atoms with Crippen molar-refractivity contribution in [1.82, 2.24) is 0 Å². The van der Waals surface area contributed by atoms with Crippen molar-refractivity contribution in [3.8, 4) is 11.5 Å². The maximum absolute atomic E-state index is 13.6. The molecule has 3 aromatic rings. The summed E-state index contributed by atoms with van der Waals surface area (Å²) in [7, 11) is 1.50. The molecule has 0 unspecified atom stereocenters. The molecule has 0 aromatic heterocycles. The third kappa shape index (κ3) is 4.55. The molecule has 0 aliphatic heterocycles. The second-order valence-electron chi connectivity index (χ2n) is 5.53. The minimum absolute atomic E-state index is 0.0669. The number of rotatable bonds is 7. The summed E-state index contributed by atoms with van der Waals surface area (Å²) in [6, 6.07) is 21.9. The molecule has 0 fully saturated rings. The third-order valence-corrected chi connectivity index (χ3v) is 4.82. The van der Waals surface area contributed by atoms with Crippen LogP contribution in [0.2, 0.25) is 0 Å². The number of hydrogen-bond acceptors (Lipinski definition) is 3. The van der Waals surface area contributed by atoms with Crippen molar-refractivity contribution in [3.63, 3.8) is 0 Å². The van der Waals surface area contributed by atoms with Gasteiger partial charge in [-0.25, -0.2) is 8.78 Å². The smallest absolute Gasteiger partial charge is 0.265 e. The summed E-state index contributed by atoms with van der Waals surface area (Å²) >= 11 is 1.28. The largest absolute Gasteiger partial charge is 0.493 e. The Balaban J connectivity index is 1.89. The molecule has 2 nitrogen and oxygen atoms in total. The topological polar surface area (TPSA) is 18.5 Å². The quantitative estimate of drug-likeness (QED) is 0.480. The Morgan fingerprint density at radius 2 is 1.54 bits per heavy atom. The predicted molar refractivity (Wildman–Crippen MR) is 99.3 cm³/mol. The molecule has 0 N–H and O–H groups in total. The first-order valence-corrected chi connectivity index (χ1v) is 8.88. The molecule has 134 valence electrons. The van der Waals surface area contributed by atoms with Crippen molar-refractivity contribution in [1.29, 1.82) is 0 Å². The molecular weight excluding hydrogens is 354 g/mol. The zero-order chi connectivity index (χ0) is 18.4. The normalized spacial score (nSPS) is 10.8. The van der Waals surface area contributed by atoms with Crippen LogP contribution in [0.25, 0.3) is 0 Å². The van der Waals surface area contributed by atoms with Gasteiger partial charge in [0.1, 0.15) is 6.61 Å². The van der Waals surface area contributed by atoms with Crippen LogP contribution in [0.1, 0.15) is 17.6 Å². The molecule has 0 spiro atoms. The van der Waals surface area contributed by atoms with E-state index in [0.717, 1.165) is 10.5 Å². The maximum atomic E-state index is 13.6. The zero-order valence-corrected chi connectivity index (χ0v) is 15.0. The van der Waals surface area contributed by atoms with E-state index in [1.54, 1.807) is 6.07 Å². The van der Waals surface area contributed by atoms with Gasteiger partial charge in [-0.2, -0.15) is 0 Å². The highest BCUT2D eigenvalue weighted by atomic mass is 32.2. The molecule has 0 atom stereocenters. The average molecular weight is 372 g/mol. The second-order valence-corrected chi connectivity index (χ2v) is 6.65. The van der Waals surface area contributed by atoms with Crippen LogP contribution < -0.4 is 9.47 Å². The van der Waals surface area contributed by atoms with Crippen molar-refractivity contribution < 1.29 is 18.3 Å². The average Bonchev–Trinajstić information content (AvgIpc) is 2.68. The van der Waals surface area contributed by atoms with Crippen LogP contribution in [0, 0.1) is 0 Å². The van der Waals surface area contributed by atoms with E-state index in [1.165, 1.54) is 24.9 Å². The minimum Gasteiger partial charge on any atom is -0.493 e. The molecule has 0 bridgehead atoms. The fourth-order valence-electron chi connectivity index (χ4n) is 2.44. The molecule has 0 aliphatic carbocycles. The standard InChI is InChI=1S/C21H18F2O2S/c1-24-18-13-20(26-16-10-6-3-7-11-16)17(21(22)23)12-19(18)25-14-15-8-4-2-5-9-15/h2-13,21H,14H2,1H3. The van der Waals surface area contributed by atoms with Crippen molar-refractivity contribution in [2.75, 3.05) is 7.11 Å². The second kappa shape index (κ2) is 8.72. The van der Waals surface area contributed by atoms with E-state index in [2.05, 4.69) is 0 Å². The molecule has 0 heterocycles. The minimum atomic E-state index is -2.61. The van der Waals surface area contributed by atoms with Crippen LogP contribution in [0.15, 0.2) is 82.6 Å². The van der Waals surface area contributed by atoms with Gasteiger partial charge in [0.15, 0.2) is 11.5 Å². The molecular formula is C21H18F2O2S. The highest BCUT2D eigenvalue weighted by molar-refractivity contribution is 7.99. The van der Waals surface area contributed by atoms with Gasteiger partial charge in [-0.05, 0) is 29.8 Å². The van der Waals surface area contributed by atoms with Gasteiger partial charge in [-0.3, -0.25) is 0 Å². The van der Waals surface area contributed by atoms with Gasteiger partial charge >= 0.3 is 0 Å². The number of methoxy groups -OCH3 is 1. The molecule has 0 amide bonds. The van der Waals surface area contributed by atoms with Crippen LogP contribution >= 0.6 is 11.8 Å². The molecule has 3 rings (SSSR count). The number of halogens is 2. The first-order valence-electron chi connectivity index (χ1n) is 8.07. The molecule has 0 radical (unpaired) electrons. The lowest BCUT2D eigenvalue weighted by Crippen LogP contribution is -2.00. The highest BCUT2D eigenvalue weighted by Gasteiger charge is 2.19. The van der Waals surface area contributed by atoms with Crippen molar-refractivity contribution in [2.24, 2.45) is 0 Å². The fourth-order valence-corrected chi connectivity index (χ4v) is 3.42. The van der Waals surface area contributed by atoms with E-state index in [-0.39, 0.29) is 12.2 Å². The Hall–Kier alpha value is -2.53. The van der Waals surface area contributed by atoms with Crippen molar-refractivity contribution in [3.05, 3.63) is 83.9 Å². The van der Waals surface area contributed by atoms with E-state index in [0.29, 0.717) is 16.4 Å². The van der Waals surface area contributed by atoms with Gasteiger partial charge in [-0.1, -0.05) is 60.3 Å². The molecule has 26 heavy (non-hydrogen) atoms. The summed E-state index contributed by atoms with van der Waals surface area (Å²) in [4.78, 5) is 1.34. The number of hydrogen-bond donors (Lipinski definition) is 0. The maximum Gasteiger partial charge on any atom is 0.265 e. The predicted octanol–water partition coefficient (Wildman–Crippen LogP) is 6.36. The van der Waals surface area contributed by atoms with Gasteiger partial charge in [0.05, 0.1) is 7.11 Å². The Morgan fingerprint density at radius 1 is 0.885 bits per heavy atom. The molecule has 0 saturated carbocycles. The van der Waals surface area contributed by atoms with E-state index in [4.69, 9.17) is 9.47 Å². The molecule has 5 heteroatoms. The summed E-state index contributed by atoms with van der Waals surface area (Å²) in [5.41, 5.74) is 0.888. The fraction of sp³-hybridized carbons (Fsp3) is 0.143. The SMILES string of the molecule is COc1cc(Sc2ccccc2)c(C(F)F)cc1OCc1ccccc1. The van der Waals surface area contributed by atoms with Crippen LogP contribution in [-0.4, -0.2) is 7.11 Å². The molecule has 3 aromatic carbocycles.